The summed E-state index contributed by atoms with van der Waals surface area (Å²) in [4.78, 5) is 2.41. The molecular formula is C34H39NO4. The van der Waals surface area contributed by atoms with Crippen molar-refractivity contribution < 1.29 is 18.9 Å². The Bertz CT molecular complexity index is 1430. The number of allylic oxidation sites excluding steroid dienone is 3. The summed E-state index contributed by atoms with van der Waals surface area (Å²) in [5, 5.41) is 0. The van der Waals surface area contributed by atoms with Gasteiger partial charge in [-0.2, -0.15) is 0 Å². The van der Waals surface area contributed by atoms with E-state index in [2.05, 4.69) is 101 Å². The van der Waals surface area contributed by atoms with E-state index in [0.717, 1.165) is 42.2 Å². The SMILES string of the molecule is COC1=CC=C2C(=CN3CCc4cc5c(cc4C3=C2Cc2ccc(C(C)(C)C)cc2)OCO5)C1OC(C)(C)C. The molecule has 5 nitrogen and oxygen atoms in total. The highest BCUT2D eigenvalue weighted by Crippen LogP contribution is 2.48. The Morgan fingerprint density at radius 2 is 1.67 bits per heavy atom. The van der Waals surface area contributed by atoms with Crippen molar-refractivity contribution in [3.8, 4) is 11.5 Å². The van der Waals surface area contributed by atoms with Crippen molar-refractivity contribution >= 4 is 5.70 Å². The minimum absolute atomic E-state index is 0.119. The summed E-state index contributed by atoms with van der Waals surface area (Å²) in [6, 6.07) is 13.4. The Labute approximate surface area is 232 Å². The van der Waals surface area contributed by atoms with Gasteiger partial charge < -0.3 is 23.8 Å². The molecule has 4 aliphatic rings. The molecule has 0 saturated heterocycles. The topological polar surface area (TPSA) is 40.2 Å². The first kappa shape index (κ1) is 25.8. The van der Waals surface area contributed by atoms with Gasteiger partial charge in [0, 0.05) is 30.3 Å². The first-order valence-corrected chi connectivity index (χ1v) is 13.9. The highest BCUT2D eigenvalue weighted by atomic mass is 16.7. The van der Waals surface area contributed by atoms with Gasteiger partial charge in [0.25, 0.3) is 0 Å². The molecule has 6 rings (SSSR count). The van der Waals surface area contributed by atoms with Crippen molar-refractivity contribution in [2.45, 2.75) is 71.5 Å². The summed E-state index contributed by atoms with van der Waals surface area (Å²) < 4.78 is 24.0. The molecule has 5 heteroatoms. The predicted molar refractivity (Wildman–Crippen MR) is 155 cm³/mol. The Hall–Kier alpha value is -3.44. The van der Waals surface area contributed by atoms with Crippen LogP contribution < -0.4 is 9.47 Å². The molecule has 0 fully saturated rings. The van der Waals surface area contributed by atoms with Gasteiger partial charge in [-0.25, -0.2) is 0 Å². The van der Waals surface area contributed by atoms with Crippen LogP contribution in [-0.4, -0.2) is 37.1 Å². The fourth-order valence-corrected chi connectivity index (χ4v) is 5.89. The third-order valence-corrected chi connectivity index (χ3v) is 7.84. The lowest BCUT2D eigenvalue weighted by molar-refractivity contribution is -0.0456. The number of nitrogens with zero attached hydrogens (tertiary/aromatic N) is 1. The Morgan fingerprint density at radius 1 is 0.949 bits per heavy atom. The second-order valence-corrected chi connectivity index (χ2v) is 12.8. The Balaban J connectivity index is 1.51. The van der Waals surface area contributed by atoms with Crippen LogP contribution in [-0.2, 0) is 27.7 Å². The maximum atomic E-state index is 6.62. The van der Waals surface area contributed by atoms with Gasteiger partial charge in [-0.3, -0.25) is 0 Å². The van der Waals surface area contributed by atoms with Crippen LogP contribution in [0.15, 0.2) is 77.2 Å². The van der Waals surface area contributed by atoms with Crippen LogP contribution in [0.3, 0.4) is 0 Å². The summed E-state index contributed by atoms with van der Waals surface area (Å²) >= 11 is 0. The zero-order valence-electron chi connectivity index (χ0n) is 24.2. The third kappa shape index (κ3) is 4.78. The molecule has 0 N–H and O–H groups in total. The molecule has 1 atom stereocenters. The predicted octanol–water partition coefficient (Wildman–Crippen LogP) is 7.08. The van der Waals surface area contributed by atoms with E-state index in [0.29, 0.717) is 0 Å². The standard InChI is InChI=1S/C34H39NO4/c1-33(2,3)23-10-8-21(9-11-23)16-26-24-12-13-28(36-7)32(39-34(4,5)6)27(24)19-35-15-14-22-17-29-30(38-20-37-29)18-25(22)31(26)35/h8-13,17-19,32H,14-16,20H2,1-7H3. The van der Waals surface area contributed by atoms with Crippen LogP contribution in [0, 0.1) is 0 Å². The van der Waals surface area contributed by atoms with Gasteiger partial charge in [0.05, 0.1) is 18.4 Å². The third-order valence-electron chi connectivity index (χ3n) is 7.84. The van der Waals surface area contributed by atoms with E-state index < -0.39 is 0 Å². The first-order chi connectivity index (χ1) is 18.5. The molecule has 1 aliphatic carbocycles. The van der Waals surface area contributed by atoms with Crippen molar-refractivity contribution in [3.05, 3.63) is 99.5 Å². The number of hydrogen-bond donors (Lipinski definition) is 0. The van der Waals surface area contributed by atoms with Crippen LogP contribution in [0.1, 0.15) is 63.8 Å². The Kier molecular flexibility index (Phi) is 6.18. The molecule has 0 amide bonds. The van der Waals surface area contributed by atoms with Gasteiger partial charge in [0.2, 0.25) is 6.79 Å². The fraction of sp³-hybridized carbons (Fsp3) is 0.412. The second-order valence-electron chi connectivity index (χ2n) is 12.8. The van der Waals surface area contributed by atoms with Crippen molar-refractivity contribution in [2.75, 3.05) is 20.4 Å². The van der Waals surface area contributed by atoms with Gasteiger partial charge in [0.15, 0.2) is 11.5 Å². The number of fused-ring (bicyclic) bond motifs is 5. The minimum atomic E-state index is -0.328. The van der Waals surface area contributed by atoms with Crippen molar-refractivity contribution in [1.29, 1.82) is 0 Å². The lowest BCUT2D eigenvalue weighted by Gasteiger charge is -2.42. The average Bonchev–Trinajstić information content (AvgIpc) is 3.34. The van der Waals surface area contributed by atoms with E-state index >= 15 is 0 Å². The molecule has 204 valence electrons. The number of rotatable bonds is 4. The molecule has 39 heavy (non-hydrogen) atoms. The molecule has 3 aliphatic heterocycles. The molecule has 1 unspecified atom stereocenters. The molecule has 3 heterocycles. The summed E-state index contributed by atoms with van der Waals surface area (Å²) in [5.41, 5.74) is 9.84. The zero-order chi connectivity index (χ0) is 27.5. The molecular weight excluding hydrogens is 486 g/mol. The van der Waals surface area contributed by atoms with Gasteiger partial charge in [-0.15, -0.1) is 0 Å². The van der Waals surface area contributed by atoms with E-state index in [-0.39, 0.29) is 23.9 Å². The van der Waals surface area contributed by atoms with Crippen LogP contribution in [0.25, 0.3) is 5.70 Å². The molecule has 2 aromatic rings. The summed E-state index contributed by atoms with van der Waals surface area (Å²) in [5.74, 6) is 2.50. The smallest absolute Gasteiger partial charge is 0.231 e. The van der Waals surface area contributed by atoms with Crippen LogP contribution in [0.2, 0.25) is 0 Å². The minimum Gasteiger partial charge on any atom is -0.498 e. The molecule has 0 bridgehead atoms. The van der Waals surface area contributed by atoms with Crippen LogP contribution in [0.5, 0.6) is 11.5 Å². The number of hydrogen-bond acceptors (Lipinski definition) is 5. The number of ether oxygens (including phenoxy) is 4. The van der Waals surface area contributed by atoms with Gasteiger partial charge in [-0.1, -0.05) is 51.1 Å². The number of methoxy groups -OCH3 is 1. The van der Waals surface area contributed by atoms with E-state index in [4.69, 9.17) is 18.9 Å². The van der Waals surface area contributed by atoms with Crippen molar-refractivity contribution in [1.82, 2.24) is 4.90 Å². The summed E-state index contributed by atoms with van der Waals surface area (Å²) in [6.07, 6.45) is 8.04. The average molecular weight is 526 g/mol. The largest absolute Gasteiger partial charge is 0.498 e. The lowest BCUT2D eigenvalue weighted by Crippen LogP contribution is -2.37. The van der Waals surface area contributed by atoms with Gasteiger partial charge >= 0.3 is 0 Å². The van der Waals surface area contributed by atoms with Crippen molar-refractivity contribution in [2.24, 2.45) is 0 Å². The van der Waals surface area contributed by atoms with Crippen molar-refractivity contribution in [3.63, 3.8) is 0 Å². The quantitative estimate of drug-likeness (QED) is 0.427. The van der Waals surface area contributed by atoms with Crippen LogP contribution >= 0.6 is 0 Å². The summed E-state index contributed by atoms with van der Waals surface area (Å²) in [6.45, 7) is 14.2. The maximum Gasteiger partial charge on any atom is 0.231 e. The van der Waals surface area contributed by atoms with E-state index in [1.165, 1.54) is 39.1 Å². The molecule has 2 aromatic carbocycles. The van der Waals surface area contributed by atoms with Crippen LogP contribution in [0.4, 0.5) is 0 Å². The number of benzene rings is 2. The highest BCUT2D eigenvalue weighted by Gasteiger charge is 2.38. The lowest BCUT2D eigenvalue weighted by atomic mass is 9.79. The Morgan fingerprint density at radius 3 is 2.33 bits per heavy atom. The zero-order valence-corrected chi connectivity index (χ0v) is 24.2. The monoisotopic (exact) mass is 525 g/mol. The molecule has 0 aromatic heterocycles. The summed E-state index contributed by atoms with van der Waals surface area (Å²) in [7, 11) is 1.73. The first-order valence-electron chi connectivity index (χ1n) is 13.9. The molecule has 0 spiro atoms. The molecule has 0 radical (unpaired) electrons. The fourth-order valence-electron chi connectivity index (χ4n) is 5.89. The molecule has 0 saturated carbocycles. The van der Waals surface area contributed by atoms with E-state index in [1.54, 1.807) is 7.11 Å². The normalized spacial score (nSPS) is 20.0. The maximum absolute atomic E-state index is 6.62. The van der Waals surface area contributed by atoms with E-state index in [9.17, 15) is 0 Å². The van der Waals surface area contributed by atoms with E-state index in [1.807, 2.05) is 0 Å². The van der Waals surface area contributed by atoms with Gasteiger partial charge in [0.1, 0.15) is 11.9 Å². The highest BCUT2D eigenvalue weighted by molar-refractivity contribution is 5.82. The van der Waals surface area contributed by atoms with Gasteiger partial charge in [-0.05, 0) is 78.7 Å². The second kappa shape index (κ2) is 9.34.